The normalized spacial score (nSPS) is 15.4. The van der Waals surface area contributed by atoms with E-state index in [0.717, 1.165) is 5.56 Å². The number of nitrogens with zero attached hydrogens (tertiary/aromatic N) is 1. The average molecular weight is 361 g/mol. The summed E-state index contributed by atoms with van der Waals surface area (Å²) < 4.78 is 15.2. The molecule has 1 aromatic carbocycles. The highest BCUT2D eigenvalue weighted by Gasteiger charge is 2.44. The quantitative estimate of drug-likeness (QED) is 0.440. The zero-order chi connectivity index (χ0) is 19.1. The fourth-order valence-corrected chi connectivity index (χ4v) is 2.81. The van der Waals surface area contributed by atoms with Crippen LogP contribution in [0.4, 0.5) is 10.5 Å². The van der Waals surface area contributed by atoms with Gasteiger partial charge in [-0.05, 0) is 32.4 Å². The molecule has 1 heterocycles. The predicted molar refractivity (Wildman–Crippen MR) is 95.5 cm³/mol. The SMILES string of the molecule is CCOC(=O)C(C(=O)OCC)C1C=Cc2ccccc2N1C(=O)OCC. The molecule has 7 heteroatoms. The first kappa shape index (κ1) is 19.5. The zero-order valence-corrected chi connectivity index (χ0v) is 15.1. The van der Waals surface area contributed by atoms with E-state index in [1.54, 1.807) is 45.1 Å². The summed E-state index contributed by atoms with van der Waals surface area (Å²) in [5.41, 5.74) is 1.33. The van der Waals surface area contributed by atoms with E-state index in [-0.39, 0.29) is 19.8 Å². The molecule has 0 N–H and O–H groups in total. The third kappa shape index (κ3) is 4.04. The first-order valence-corrected chi connectivity index (χ1v) is 8.61. The minimum atomic E-state index is -1.30. The maximum atomic E-state index is 12.6. The van der Waals surface area contributed by atoms with Crippen LogP contribution in [0.3, 0.4) is 0 Å². The monoisotopic (exact) mass is 361 g/mol. The Morgan fingerprint density at radius 2 is 1.54 bits per heavy atom. The van der Waals surface area contributed by atoms with Crippen LogP contribution >= 0.6 is 0 Å². The molecule has 0 aliphatic carbocycles. The summed E-state index contributed by atoms with van der Waals surface area (Å²) >= 11 is 0. The van der Waals surface area contributed by atoms with Gasteiger partial charge in [-0.15, -0.1) is 0 Å². The van der Waals surface area contributed by atoms with E-state index in [1.165, 1.54) is 4.90 Å². The molecule has 140 valence electrons. The van der Waals surface area contributed by atoms with Crippen LogP contribution in [0, 0.1) is 5.92 Å². The average Bonchev–Trinajstić information content (AvgIpc) is 2.62. The van der Waals surface area contributed by atoms with Crippen molar-refractivity contribution in [3.8, 4) is 0 Å². The second-order valence-electron chi connectivity index (χ2n) is 5.46. The molecular formula is C19H23NO6. The zero-order valence-electron chi connectivity index (χ0n) is 15.1. The van der Waals surface area contributed by atoms with Crippen LogP contribution in [0.2, 0.25) is 0 Å². The molecule has 26 heavy (non-hydrogen) atoms. The van der Waals surface area contributed by atoms with Crippen molar-refractivity contribution in [2.24, 2.45) is 5.92 Å². The molecule has 0 fully saturated rings. The Morgan fingerprint density at radius 1 is 0.962 bits per heavy atom. The summed E-state index contributed by atoms with van der Waals surface area (Å²) in [7, 11) is 0. The van der Waals surface area contributed by atoms with Crippen molar-refractivity contribution in [3.05, 3.63) is 35.9 Å². The van der Waals surface area contributed by atoms with Gasteiger partial charge in [0.05, 0.1) is 31.5 Å². The maximum Gasteiger partial charge on any atom is 0.414 e. The van der Waals surface area contributed by atoms with E-state index in [4.69, 9.17) is 14.2 Å². The number of ether oxygens (including phenoxy) is 3. The number of hydrogen-bond acceptors (Lipinski definition) is 6. The molecule has 0 saturated heterocycles. The molecule has 0 spiro atoms. The van der Waals surface area contributed by atoms with Crippen molar-refractivity contribution >= 4 is 29.8 Å². The highest BCUT2D eigenvalue weighted by Crippen LogP contribution is 2.33. The Kier molecular flexibility index (Phi) is 6.77. The minimum absolute atomic E-state index is 0.112. The minimum Gasteiger partial charge on any atom is -0.465 e. The predicted octanol–water partition coefficient (Wildman–Crippen LogP) is 2.79. The standard InChI is InChI=1S/C19H23NO6/c1-4-24-17(21)16(18(22)25-5-2)15-12-11-13-9-7-8-10-14(13)20(15)19(23)26-6-3/h7-12,15-16H,4-6H2,1-3H3. The number of para-hydroxylation sites is 1. The molecule has 1 amide bonds. The van der Waals surface area contributed by atoms with Gasteiger partial charge in [-0.3, -0.25) is 14.5 Å². The topological polar surface area (TPSA) is 82.1 Å². The van der Waals surface area contributed by atoms with Gasteiger partial charge < -0.3 is 14.2 Å². The second-order valence-corrected chi connectivity index (χ2v) is 5.46. The van der Waals surface area contributed by atoms with Crippen molar-refractivity contribution < 1.29 is 28.6 Å². The Labute approximate surface area is 152 Å². The molecule has 0 bridgehead atoms. The highest BCUT2D eigenvalue weighted by molar-refractivity contribution is 6.01. The van der Waals surface area contributed by atoms with Crippen molar-refractivity contribution in [2.75, 3.05) is 24.7 Å². The number of anilines is 1. The number of fused-ring (bicyclic) bond motifs is 1. The molecule has 2 rings (SSSR count). The van der Waals surface area contributed by atoms with Crippen LogP contribution in [0.5, 0.6) is 0 Å². The summed E-state index contributed by atoms with van der Waals surface area (Å²) in [6.45, 7) is 5.37. The number of hydrogen-bond donors (Lipinski definition) is 0. The van der Waals surface area contributed by atoms with E-state index in [1.807, 2.05) is 12.1 Å². The molecule has 7 nitrogen and oxygen atoms in total. The summed E-state index contributed by atoms with van der Waals surface area (Å²) in [5, 5.41) is 0. The number of carbonyl (C=O) groups is 3. The van der Waals surface area contributed by atoms with Gasteiger partial charge in [0, 0.05) is 0 Å². The number of esters is 2. The van der Waals surface area contributed by atoms with E-state index in [9.17, 15) is 14.4 Å². The number of carbonyl (C=O) groups excluding carboxylic acids is 3. The molecule has 1 atom stereocenters. The fourth-order valence-electron chi connectivity index (χ4n) is 2.81. The Hall–Kier alpha value is -2.83. The van der Waals surface area contributed by atoms with Crippen molar-refractivity contribution in [3.63, 3.8) is 0 Å². The maximum absolute atomic E-state index is 12.6. The van der Waals surface area contributed by atoms with Gasteiger partial charge >= 0.3 is 18.0 Å². The summed E-state index contributed by atoms with van der Waals surface area (Å²) in [4.78, 5) is 38.8. The van der Waals surface area contributed by atoms with Crippen LogP contribution in [0.25, 0.3) is 6.08 Å². The largest absolute Gasteiger partial charge is 0.465 e. The van der Waals surface area contributed by atoms with E-state index < -0.39 is 30.0 Å². The van der Waals surface area contributed by atoms with Gasteiger partial charge in [-0.25, -0.2) is 4.79 Å². The van der Waals surface area contributed by atoms with Gasteiger partial charge in [0.2, 0.25) is 0 Å². The smallest absolute Gasteiger partial charge is 0.414 e. The summed E-state index contributed by atoms with van der Waals surface area (Å²) in [6.07, 6.45) is 2.74. The highest BCUT2D eigenvalue weighted by atomic mass is 16.6. The van der Waals surface area contributed by atoms with E-state index in [0.29, 0.717) is 5.69 Å². The van der Waals surface area contributed by atoms with Gasteiger partial charge in [-0.1, -0.05) is 30.4 Å². The lowest BCUT2D eigenvalue weighted by Gasteiger charge is -2.35. The lowest BCUT2D eigenvalue weighted by Crippen LogP contribution is -2.51. The van der Waals surface area contributed by atoms with Crippen molar-refractivity contribution in [1.82, 2.24) is 0 Å². The van der Waals surface area contributed by atoms with Gasteiger partial charge in [-0.2, -0.15) is 0 Å². The summed E-state index contributed by atoms with van der Waals surface area (Å²) in [5.74, 6) is -2.78. The Morgan fingerprint density at radius 3 is 2.12 bits per heavy atom. The number of amides is 1. The summed E-state index contributed by atoms with van der Waals surface area (Å²) in [6, 6.07) is 6.27. The van der Waals surface area contributed by atoms with Gasteiger partial charge in [0.1, 0.15) is 0 Å². The fraction of sp³-hybridized carbons (Fsp3) is 0.421. The Bertz CT molecular complexity index is 681. The van der Waals surface area contributed by atoms with Gasteiger partial charge in [0.15, 0.2) is 5.92 Å². The van der Waals surface area contributed by atoms with Crippen LogP contribution in [0.15, 0.2) is 30.3 Å². The molecule has 1 unspecified atom stereocenters. The molecule has 0 saturated carbocycles. The lowest BCUT2D eigenvalue weighted by atomic mass is 9.93. The lowest BCUT2D eigenvalue weighted by molar-refractivity contribution is -0.162. The first-order valence-electron chi connectivity index (χ1n) is 8.61. The third-order valence-electron chi connectivity index (χ3n) is 3.85. The third-order valence-corrected chi connectivity index (χ3v) is 3.85. The van der Waals surface area contributed by atoms with E-state index >= 15 is 0 Å². The van der Waals surface area contributed by atoms with Crippen molar-refractivity contribution in [2.45, 2.75) is 26.8 Å². The molecule has 1 aliphatic rings. The molecular weight excluding hydrogens is 338 g/mol. The molecule has 0 aromatic heterocycles. The van der Waals surface area contributed by atoms with Crippen LogP contribution in [0.1, 0.15) is 26.3 Å². The van der Waals surface area contributed by atoms with Crippen molar-refractivity contribution in [1.29, 1.82) is 0 Å². The Balaban J connectivity index is 2.49. The second kappa shape index (κ2) is 9.03. The number of rotatable bonds is 6. The van der Waals surface area contributed by atoms with Crippen LogP contribution in [-0.2, 0) is 23.8 Å². The molecule has 1 aliphatic heterocycles. The number of benzene rings is 1. The van der Waals surface area contributed by atoms with Crippen LogP contribution in [-0.4, -0.2) is 43.9 Å². The molecule has 0 radical (unpaired) electrons. The first-order chi connectivity index (χ1) is 12.5. The van der Waals surface area contributed by atoms with E-state index in [2.05, 4.69) is 0 Å². The molecule has 1 aromatic rings. The van der Waals surface area contributed by atoms with Crippen LogP contribution < -0.4 is 4.90 Å². The van der Waals surface area contributed by atoms with Gasteiger partial charge in [0.25, 0.3) is 0 Å².